The predicted molar refractivity (Wildman–Crippen MR) is 75.6 cm³/mol. The lowest BCUT2D eigenvalue weighted by Crippen LogP contribution is -2.40. The quantitative estimate of drug-likeness (QED) is 0.827. The topological polar surface area (TPSA) is 45.5 Å². The number of hydrogen-bond donors (Lipinski definition) is 1. The van der Waals surface area contributed by atoms with Crippen LogP contribution in [-0.2, 0) is 4.79 Å². The van der Waals surface area contributed by atoms with Gasteiger partial charge in [-0.2, -0.15) is 0 Å². The third-order valence-electron chi connectivity index (χ3n) is 3.54. The fourth-order valence-corrected chi connectivity index (χ4v) is 2.35. The van der Waals surface area contributed by atoms with Crippen LogP contribution in [0, 0.1) is 5.92 Å². The molecule has 19 heavy (non-hydrogen) atoms. The Bertz CT molecular complexity index is 404. The van der Waals surface area contributed by atoms with E-state index < -0.39 is 0 Å². The normalized spacial score (nSPS) is 17.2. The van der Waals surface area contributed by atoms with Gasteiger partial charge in [-0.15, -0.1) is 0 Å². The van der Waals surface area contributed by atoms with Crippen LogP contribution in [-0.4, -0.2) is 37.0 Å². The maximum Gasteiger partial charge on any atom is 0.246 e. The molecule has 1 fully saturated rings. The number of nitrogens with one attached hydrogen (secondary N) is 1. The fraction of sp³-hybridized carbons (Fsp3) is 0.533. The molecule has 1 aliphatic heterocycles. The van der Waals surface area contributed by atoms with Crippen molar-refractivity contribution in [3.63, 3.8) is 0 Å². The Labute approximate surface area is 114 Å². The van der Waals surface area contributed by atoms with Crippen molar-refractivity contribution in [1.82, 2.24) is 10.2 Å². The van der Waals surface area contributed by atoms with Gasteiger partial charge in [0, 0.05) is 19.2 Å². The van der Waals surface area contributed by atoms with E-state index >= 15 is 0 Å². The second-order valence-corrected chi connectivity index (χ2v) is 4.93. The summed E-state index contributed by atoms with van der Waals surface area (Å²) >= 11 is 0. The molecular formula is C15H22N2O2. The zero-order valence-corrected chi connectivity index (χ0v) is 11.5. The summed E-state index contributed by atoms with van der Waals surface area (Å²) in [7, 11) is 0. The Morgan fingerprint density at radius 3 is 2.95 bits per heavy atom. The highest BCUT2D eigenvalue weighted by Crippen LogP contribution is 2.16. The van der Waals surface area contributed by atoms with E-state index in [1.54, 1.807) is 18.4 Å². The lowest BCUT2D eigenvalue weighted by Gasteiger charge is -2.31. The summed E-state index contributed by atoms with van der Waals surface area (Å²) in [5.74, 6) is 1.51. The number of piperidine rings is 1. The molecule has 0 saturated carbocycles. The average molecular weight is 262 g/mol. The molecule has 4 heteroatoms. The van der Waals surface area contributed by atoms with Crippen molar-refractivity contribution in [2.45, 2.75) is 19.8 Å². The minimum absolute atomic E-state index is 0.0818. The van der Waals surface area contributed by atoms with Crippen LogP contribution >= 0.6 is 0 Å². The molecule has 1 aromatic heterocycles. The van der Waals surface area contributed by atoms with Gasteiger partial charge >= 0.3 is 0 Å². The van der Waals surface area contributed by atoms with Gasteiger partial charge in [0.2, 0.25) is 5.91 Å². The fourth-order valence-electron chi connectivity index (χ4n) is 2.35. The van der Waals surface area contributed by atoms with Crippen molar-refractivity contribution in [2.24, 2.45) is 5.92 Å². The van der Waals surface area contributed by atoms with E-state index in [4.69, 9.17) is 4.42 Å². The van der Waals surface area contributed by atoms with E-state index in [0.717, 1.165) is 44.8 Å². The summed E-state index contributed by atoms with van der Waals surface area (Å²) in [6, 6.07) is 3.66. The molecule has 104 valence electrons. The van der Waals surface area contributed by atoms with E-state index in [9.17, 15) is 4.79 Å². The zero-order chi connectivity index (χ0) is 13.5. The second-order valence-electron chi connectivity index (χ2n) is 4.93. The molecule has 0 aliphatic carbocycles. The van der Waals surface area contributed by atoms with Gasteiger partial charge in [0.15, 0.2) is 0 Å². The Balaban J connectivity index is 1.76. The second kappa shape index (κ2) is 7.14. The molecule has 2 heterocycles. The largest absolute Gasteiger partial charge is 0.465 e. The van der Waals surface area contributed by atoms with Gasteiger partial charge in [0.1, 0.15) is 5.76 Å². The first-order valence-corrected chi connectivity index (χ1v) is 7.00. The number of furan rings is 1. The summed E-state index contributed by atoms with van der Waals surface area (Å²) in [5.41, 5.74) is 0. The smallest absolute Gasteiger partial charge is 0.246 e. The first-order valence-electron chi connectivity index (χ1n) is 7.00. The van der Waals surface area contributed by atoms with Crippen LogP contribution < -0.4 is 5.32 Å². The molecule has 2 rings (SSSR count). The maximum absolute atomic E-state index is 12.0. The first-order chi connectivity index (χ1) is 9.29. The highest BCUT2D eigenvalue weighted by molar-refractivity contribution is 5.91. The molecule has 0 aromatic carbocycles. The molecule has 1 aliphatic rings. The van der Waals surface area contributed by atoms with Crippen molar-refractivity contribution in [3.05, 3.63) is 30.2 Å². The molecule has 4 nitrogen and oxygen atoms in total. The molecule has 1 aromatic rings. The molecule has 0 spiro atoms. The summed E-state index contributed by atoms with van der Waals surface area (Å²) in [4.78, 5) is 13.9. The molecule has 0 unspecified atom stereocenters. The Hall–Kier alpha value is -1.55. The molecule has 0 radical (unpaired) electrons. The van der Waals surface area contributed by atoms with Crippen molar-refractivity contribution in [2.75, 3.05) is 26.2 Å². The summed E-state index contributed by atoms with van der Waals surface area (Å²) in [5, 5.41) is 3.38. The van der Waals surface area contributed by atoms with Crippen LogP contribution in [0.5, 0.6) is 0 Å². The van der Waals surface area contributed by atoms with Gasteiger partial charge in [-0.3, -0.25) is 4.79 Å². The summed E-state index contributed by atoms with van der Waals surface area (Å²) in [6.45, 7) is 5.93. The van der Waals surface area contributed by atoms with E-state index in [1.807, 2.05) is 17.0 Å². The average Bonchev–Trinajstić information content (AvgIpc) is 2.96. The molecule has 1 saturated heterocycles. The van der Waals surface area contributed by atoms with Gasteiger partial charge in [-0.05, 0) is 50.1 Å². The molecular weight excluding hydrogens is 240 g/mol. The number of carbonyl (C=O) groups is 1. The number of carbonyl (C=O) groups excluding carboxylic acids is 1. The van der Waals surface area contributed by atoms with Crippen LogP contribution in [0.25, 0.3) is 6.08 Å². The Kier molecular flexibility index (Phi) is 5.21. The third kappa shape index (κ3) is 4.24. The van der Waals surface area contributed by atoms with E-state index in [-0.39, 0.29) is 5.91 Å². The van der Waals surface area contributed by atoms with Crippen molar-refractivity contribution in [3.8, 4) is 0 Å². The number of hydrogen-bond acceptors (Lipinski definition) is 3. The first kappa shape index (κ1) is 13.9. The Morgan fingerprint density at radius 2 is 2.32 bits per heavy atom. The number of likely N-dealkylation sites (tertiary alicyclic amines) is 1. The highest BCUT2D eigenvalue weighted by Gasteiger charge is 2.20. The van der Waals surface area contributed by atoms with Gasteiger partial charge in [0.25, 0.3) is 0 Å². The van der Waals surface area contributed by atoms with Gasteiger partial charge in [-0.25, -0.2) is 0 Å². The van der Waals surface area contributed by atoms with Gasteiger partial charge in [0.05, 0.1) is 6.26 Å². The predicted octanol–water partition coefficient (Wildman–Crippen LogP) is 2.14. The molecule has 0 atom stereocenters. The van der Waals surface area contributed by atoms with Crippen LogP contribution in [0.1, 0.15) is 25.5 Å². The van der Waals surface area contributed by atoms with E-state index in [0.29, 0.717) is 5.92 Å². The molecule has 0 bridgehead atoms. The minimum Gasteiger partial charge on any atom is -0.465 e. The maximum atomic E-state index is 12.0. The Morgan fingerprint density at radius 1 is 1.53 bits per heavy atom. The van der Waals surface area contributed by atoms with Crippen molar-refractivity contribution < 1.29 is 9.21 Å². The van der Waals surface area contributed by atoms with Gasteiger partial charge < -0.3 is 14.6 Å². The monoisotopic (exact) mass is 262 g/mol. The van der Waals surface area contributed by atoms with Crippen LogP contribution in [0.3, 0.4) is 0 Å². The zero-order valence-electron chi connectivity index (χ0n) is 11.5. The third-order valence-corrected chi connectivity index (χ3v) is 3.54. The highest BCUT2D eigenvalue weighted by atomic mass is 16.3. The van der Waals surface area contributed by atoms with Crippen molar-refractivity contribution in [1.29, 1.82) is 0 Å². The van der Waals surface area contributed by atoms with Gasteiger partial charge in [-0.1, -0.05) is 6.92 Å². The number of nitrogens with zero attached hydrogens (tertiary/aromatic N) is 1. The number of amides is 1. The molecule has 1 N–H and O–H groups in total. The molecule has 1 amide bonds. The van der Waals surface area contributed by atoms with Crippen molar-refractivity contribution >= 4 is 12.0 Å². The van der Waals surface area contributed by atoms with E-state index in [1.165, 1.54) is 0 Å². The van der Waals surface area contributed by atoms with E-state index in [2.05, 4.69) is 12.2 Å². The summed E-state index contributed by atoms with van der Waals surface area (Å²) < 4.78 is 5.17. The summed E-state index contributed by atoms with van der Waals surface area (Å²) in [6.07, 6.45) is 7.12. The van der Waals surface area contributed by atoms with Crippen LogP contribution in [0.2, 0.25) is 0 Å². The SMILES string of the molecule is CCNCC1CCN(C(=O)/C=C/c2ccco2)CC1. The lowest BCUT2D eigenvalue weighted by molar-refractivity contribution is -0.127. The van der Waals surface area contributed by atoms with Crippen LogP contribution in [0.4, 0.5) is 0 Å². The minimum atomic E-state index is 0.0818. The van der Waals surface area contributed by atoms with Crippen LogP contribution in [0.15, 0.2) is 28.9 Å². The standard InChI is InChI=1S/C15H22N2O2/c1-2-16-12-13-7-9-17(10-8-13)15(18)6-5-14-4-3-11-19-14/h3-6,11,13,16H,2,7-10,12H2,1H3/b6-5+. The number of rotatable bonds is 5. The lowest BCUT2D eigenvalue weighted by atomic mass is 9.97.